The molecule has 0 aromatic heterocycles. The highest BCUT2D eigenvalue weighted by Crippen LogP contribution is 2.34. The highest BCUT2D eigenvalue weighted by Gasteiger charge is 2.17. The Morgan fingerprint density at radius 1 is 1.59 bits per heavy atom. The molecule has 90 valence electrons. The fraction of sp³-hybridized carbons (Fsp3) is 0.273. The van der Waals surface area contributed by atoms with E-state index in [0.29, 0.717) is 5.75 Å². The number of hydrogen-bond donors (Lipinski definition) is 2. The maximum Gasteiger partial charge on any atom is 0.240 e. The average molecular weight is 251 g/mol. The van der Waals surface area contributed by atoms with E-state index in [1.807, 2.05) is 12.1 Å². The second-order valence-electron chi connectivity index (χ2n) is 3.67. The van der Waals surface area contributed by atoms with Crippen LogP contribution in [0.1, 0.15) is 0 Å². The lowest BCUT2D eigenvalue weighted by Crippen LogP contribution is -2.32. The van der Waals surface area contributed by atoms with Gasteiger partial charge in [0.05, 0.1) is 18.0 Å². The monoisotopic (exact) mass is 251 g/mol. The first-order chi connectivity index (χ1) is 8.11. The zero-order valence-corrected chi connectivity index (χ0v) is 10.2. The van der Waals surface area contributed by atoms with Crippen molar-refractivity contribution >= 4 is 35.0 Å². The number of carbonyl (C=O) groups excluding carboxylic acids is 2. The van der Waals surface area contributed by atoms with Crippen LogP contribution in [0.2, 0.25) is 0 Å². The van der Waals surface area contributed by atoms with Crippen molar-refractivity contribution in [3.05, 3.63) is 18.2 Å². The van der Waals surface area contributed by atoms with E-state index in [9.17, 15) is 9.59 Å². The number of rotatable bonds is 2. The quantitative estimate of drug-likeness (QED) is 0.809. The molecule has 0 atom stereocenters. The van der Waals surface area contributed by atoms with E-state index >= 15 is 0 Å². The molecule has 0 saturated carbocycles. The summed E-state index contributed by atoms with van der Waals surface area (Å²) >= 11 is 1.49. The third kappa shape index (κ3) is 2.42. The summed E-state index contributed by atoms with van der Waals surface area (Å²) in [6.07, 6.45) is 0. The molecule has 0 unspecified atom stereocenters. The molecule has 0 bridgehead atoms. The molecular formula is C11H13N3O2S. The first-order valence-corrected chi connectivity index (χ1v) is 6.13. The standard InChI is InChI=1S/C11H13N3O2S/c1-14(11(16)5-12)7-2-3-9-8(4-7)13-10(15)6-17-9/h2-4H,5-6,12H2,1H3,(H,13,15). The van der Waals surface area contributed by atoms with E-state index in [1.54, 1.807) is 13.1 Å². The first-order valence-electron chi connectivity index (χ1n) is 5.15. The molecule has 2 rings (SSSR count). The van der Waals surface area contributed by atoms with Gasteiger partial charge >= 0.3 is 0 Å². The Labute approximate surface area is 103 Å². The lowest BCUT2D eigenvalue weighted by Gasteiger charge is -2.21. The van der Waals surface area contributed by atoms with E-state index in [-0.39, 0.29) is 18.4 Å². The Morgan fingerprint density at radius 3 is 3.06 bits per heavy atom. The Kier molecular flexibility index (Phi) is 3.35. The lowest BCUT2D eigenvalue weighted by atomic mass is 10.2. The number of amides is 2. The van der Waals surface area contributed by atoms with Gasteiger partial charge in [-0.25, -0.2) is 0 Å². The Morgan fingerprint density at radius 2 is 2.35 bits per heavy atom. The average Bonchev–Trinajstić information content (AvgIpc) is 2.36. The summed E-state index contributed by atoms with van der Waals surface area (Å²) in [5.41, 5.74) is 6.78. The topological polar surface area (TPSA) is 75.4 Å². The van der Waals surface area contributed by atoms with E-state index in [4.69, 9.17) is 5.73 Å². The summed E-state index contributed by atoms with van der Waals surface area (Å²) in [4.78, 5) is 25.2. The third-order valence-electron chi connectivity index (χ3n) is 2.53. The Bertz CT molecular complexity index is 476. The van der Waals surface area contributed by atoms with Crippen molar-refractivity contribution in [3.8, 4) is 0 Å². The van der Waals surface area contributed by atoms with Gasteiger partial charge in [0.1, 0.15) is 0 Å². The summed E-state index contributed by atoms with van der Waals surface area (Å²) in [5, 5.41) is 2.78. The summed E-state index contributed by atoms with van der Waals surface area (Å²) in [6.45, 7) is -0.0330. The van der Waals surface area contributed by atoms with Crippen molar-refractivity contribution in [2.24, 2.45) is 5.73 Å². The largest absolute Gasteiger partial charge is 0.324 e. The van der Waals surface area contributed by atoms with Gasteiger partial charge in [-0.1, -0.05) is 0 Å². The van der Waals surface area contributed by atoms with E-state index in [0.717, 1.165) is 16.3 Å². The van der Waals surface area contributed by atoms with Gasteiger partial charge < -0.3 is 16.0 Å². The number of benzene rings is 1. The zero-order chi connectivity index (χ0) is 12.4. The van der Waals surface area contributed by atoms with E-state index in [1.165, 1.54) is 16.7 Å². The molecule has 2 amide bonds. The number of thioether (sulfide) groups is 1. The van der Waals surface area contributed by atoms with Crippen molar-refractivity contribution in [2.45, 2.75) is 4.90 Å². The fourth-order valence-corrected chi connectivity index (χ4v) is 2.35. The van der Waals surface area contributed by atoms with Crippen LogP contribution in [0.15, 0.2) is 23.1 Å². The van der Waals surface area contributed by atoms with Crippen molar-refractivity contribution in [1.29, 1.82) is 0 Å². The first kappa shape index (κ1) is 11.9. The lowest BCUT2D eigenvalue weighted by molar-refractivity contribution is -0.117. The number of likely N-dealkylation sites (N-methyl/N-ethyl adjacent to an activating group) is 1. The van der Waals surface area contributed by atoms with Crippen LogP contribution in [0.5, 0.6) is 0 Å². The fourth-order valence-electron chi connectivity index (χ4n) is 1.56. The number of nitrogens with one attached hydrogen (secondary N) is 1. The minimum atomic E-state index is -0.167. The normalized spacial score (nSPS) is 13.9. The van der Waals surface area contributed by atoms with Gasteiger partial charge in [-0.2, -0.15) is 0 Å². The number of carbonyl (C=O) groups is 2. The maximum absolute atomic E-state index is 11.5. The molecule has 1 aliphatic heterocycles. The van der Waals surface area contributed by atoms with Crippen molar-refractivity contribution in [3.63, 3.8) is 0 Å². The van der Waals surface area contributed by atoms with Crippen molar-refractivity contribution in [1.82, 2.24) is 0 Å². The van der Waals surface area contributed by atoms with Gasteiger partial charge in [0, 0.05) is 17.6 Å². The van der Waals surface area contributed by atoms with Crippen molar-refractivity contribution < 1.29 is 9.59 Å². The number of hydrogen-bond acceptors (Lipinski definition) is 4. The van der Waals surface area contributed by atoms with Gasteiger partial charge in [-0.15, -0.1) is 11.8 Å². The van der Waals surface area contributed by atoms with Crippen LogP contribution in [0, 0.1) is 0 Å². The molecule has 1 aliphatic rings. The predicted octanol–water partition coefficient (Wildman–Crippen LogP) is 0.652. The summed E-state index contributed by atoms with van der Waals surface area (Å²) in [5.74, 6) is 0.247. The highest BCUT2D eigenvalue weighted by atomic mass is 32.2. The number of anilines is 2. The van der Waals surface area contributed by atoms with E-state index < -0.39 is 0 Å². The van der Waals surface area contributed by atoms with Gasteiger partial charge in [-0.05, 0) is 18.2 Å². The summed E-state index contributed by atoms with van der Waals surface area (Å²) < 4.78 is 0. The highest BCUT2D eigenvalue weighted by molar-refractivity contribution is 8.00. The maximum atomic E-state index is 11.5. The van der Waals surface area contributed by atoms with Crippen LogP contribution in [0.3, 0.4) is 0 Å². The molecule has 0 spiro atoms. The SMILES string of the molecule is CN(C(=O)CN)c1ccc2c(c1)NC(=O)CS2. The molecule has 0 fully saturated rings. The van der Waals surface area contributed by atoms with Crippen LogP contribution in [0.25, 0.3) is 0 Å². The van der Waals surface area contributed by atoms with Crippen LogP contribution in [-0.2, 0) is 9.59 Å². The minimum absolute atomic E-state index is 0.0209. The van der Waals surface area contributed by atoms with Crippen molar-refractivity contribution in [2.75, 3.05) is 29.6 Å². The summed E-state index contributed by atoms with van der Waals surface area (Å²) in [6, 6.07) is 5.53. The second kappa shape index (κ2) is 4.77. The number of nitrogens with two attached hydrogens (primary N) is 1. The molecule has 5 nitrogen and oxygen atoms in total. The van der Waals surface area contributed by atoms with Gasteiger partial charge in [0.25, 0.3) is 0 Å². The number of nitrogens with zero attached hydrogens (tertiary/aromatic N) is 1. The molecule has 3 N–H and O–H groups in total. The second-order valence-corrected chi connectivity index (χ2v) is 4.69. The number of fused-ring (bicyclic) bond motifs is 1. The molecule has 1 aromatic rings. The van der Waals surface area contributed by atoms with Crippen LogP contribution < -0.4 is 16.0 Å². The molecule has 1 aromatic carbocycles. The Balaban J connectivity index is 2.29. The van der Waals surface area contributed by atoms with Crippen LogP contribution in [0.4, 0.5) is 11.4 Å². The van der Waals surface area contributed by atoms with Gasteiger partial charge in [-0.3, -0.25) is 9.59 Å². The molecule has 6 heteroatoms. The van der Waals surface area contributed by atoms with Crippen LogP contribution >= 0.6 is 11.8 Å². The predicted molar refractivity (Wildman–Crippen MR) is 68.3 cm³/mol. The third-order valence-corrected chi connectivity index (χ3v) is 3.61. The van der Waals surface area contributed by atoms with Gasteiger partial charge in [0.15, 0.2) is 0 Å². The van der Waals surface area contributed by atoms with E-state index in [2.05, 4.69) is 5.32 Å². The molecular weight excluding hydrogens is 238 g/mol. The molecule has 17 heavy (non-hydrogen) atoms. The smallest absolute Gasteiger partial charge is 0.240 e. The Hall–Kier alpha value is -1.53. The van der Waals surface area contributed by atoms with Gasteiger partial charge in [0.2, 0.25) is 11.8 Å². The zero-order valence-electron chi connectivity index (χ0n) is 9.40. The van der Waals surface area contributed by atoms with Crippen LogP contribution in [-0.4, -0.2) is 31.2 Å². The molecule has 0 radical (unpaired) electrons. The minimum Gasteiger partial charge on any atom is -0.324 e. The molecule has 0 aliphatic carbocycles. The summed E-state index contributed by atoms with van der Waals surface area (Å²) in [7, 11) is 1.66. The molecule has 0 saturated heterocycles. The molecule has 1 heterocycles.